The van der Waals surface area contributed by atoms with Crippen molar-refractivity contribution in [3.63, 3.8) is 0 Å². The van der Waals surface area contributed by atoms with Crippen LogP contribution in [-0.4, -0.2) is 11.2 Å². The first kappa shape index (κ1) is 19.2. The number of halogens is 1. The Hall–Kier alpha value is -1.11. The highest BCUT2D eigenvalue weighted by atomic mass is 35.5. The van der Waals surface area contributed by atoms with E-state index in [1.165, 1.54) is 30.4 Å². The van der Waals surface area contributed by atoms with Gasteiger partial charge in [-0.05, 0) is 104 Å². The lowest BCUT2D eigenvalue weighted by molar-refractivity contribution is -0.112. The van der Waals surface area contributed by atoms with E-state index in [-0.39, 0.29) is 16.1 Å². The minimum atomic E-state index is -0.222. The van der Waals surface area contributed by atoms with Crippen LogP contribution >= 0.6 is 11.6 Å². The average Bonchev–Trinajstić information content (AvgIpc) is 2.94. The molecular weight excluding hydrogens is 356 g/mol. The lowest BCUT2D eigenvalue weighted by Gasteiger charge is -2.60. The minimum Gasteiger partial charge on any atom is -0.281 e. The molecule has 4 aliphatic rings. The highest BCUT2D eigenvalue weighted by molar-refractivity contribution is 6.63. The van der Waals surface area contributed by atoms with Crippen LogP contribution in [0, 0.1) is 34.5 Å². The van der Waals surface area contributed by atoms with Crippen molar-refractivity contribution in [3.05, 3.63) is 29.4 Å². The van der Waals surface area contributed by atoms with E-state index in [1.807, 2.05) is 0 Å². The molecular formula is C24H31ClO2. The van der Waals surface area contributed by atoms with Crippen LogP contribution in [-0.2, 0) is 9.59 Å². The smallest absolute Gasteiger partial charge is 0.221 e. The fourth-order valence-corrected chi connectivity index (χ4v) is 7.42. The number of allylic oxidation sites excluding steroid dienone is 4. The zero-order valence-electron chi connectivity index (χ0n) is 16.7. The summed E-state index contributed by atoms with van der Waals surface area (Å²) < 4.78 is 0. The molecule has 2 nitrogen and oxygen atoms in total. The fraction of sp³-hybridized carbons (Fsp3) is 0.708. The molecule has 4 aliphatic carbocycles. The lowest BCUT2D eigenvalue weighted by atomic mass is 9.44. The second-order valence-corrected chi connectivity index (χ2v) is 10.4. The molecule has 0 aromatic heterocycles. The van der Waals surface area contributed by atoms with Crippen molar-refractivity contribution in [1.82, 2.24) is 0 Å². The van der Waals surface area contributed by atoms with Crippen molar-refractivity contribution in [2.24, 2.45) is 34.5 Å². The number of carbonyl (C=O) groups is 1. The van der Waals surface area contributed by atoms with Gasteiger partial charge in [-0.1, -0.05) is 31.6 Å². The molecule has 3 fully saturated rings. The topological polar surface area (TPSA) is 34.1 Å². The van der Waals surface area contributed by atoms with Crippen molar-refractivity contribution in [3.8, 4) is 0 Å². The molecule has 3 heteroatoms. The number of carbonyl (C=O) groups excluding carboxylic acids is 2. The van der Waals surface area contributed by atoms with Crippen molar-refractivity contribution < 1.29 is 9.59 Å². The van der Waals surface area contributed by atoms with Gasteiger partial charge in [-0.25, -0.2) is 4.79 Å². The SMILES string of the molecule is C=C1CCC2C3C(CCC(=O)Cl)CC4=CC(=C=O)CCC4(C)C3CCC12C. The van der Waals surface area contributed by atoms with Gasteiger partial charge in [-0.3, -0.25) is 4.79 Å². The molecule has 27 heavy (non-hydrogen) atoms. The summed E-state index contributed by atoms with van der Waals surface area (Å²) in [7, 11) is 0. The van der Waals surface area contributed by atoms with E-state index in [0.717, 1.165) is 37.7 Å². The van der Waals surface area contributed by atoms with Crippen LogP contribution in [0.15, 0.2) is 29.4 Å². The summed E-state index contributed by atoms with van der Waals surface area (Å²) >= 11 is 5.72. The van der Waals surface area contributed by atoms with Gasteiger partial charge in [-0.2, -0.15) is 0 Å². The first-order chi connectivity index (χ1) is 12.8. The highest BCUT2D eigenvalue weighted by Gasteiger charge is 2.59. The number of rotatable bonds is 3. The summed E-state index contributed by atoms with van der Waals surface area (Å²) in [5.74, 6) is 4.59. The molecule has 0 N–H and O–H groups in total. The molecule has 3 saturated carbocycles. The Bertz CT molecular complexity index is 758. The molecule has 0 aromatic carbocycles. The highest BCUT2D eigenvalue weighted by Crippen LogP contribution is 2.68. The van der Waals surface area contributed by atoms with Crippen LogP contribution in [0.5, 0.6) is 0 Å². The van der Waals surface area contributed by atoms with Gasteiger partial charge in [0.05, 0.1) is 0 Å². The predicted octanol–water partition coefficient (Wildman–Crippen LogP) is 6.04. The van der Waals surface area contributed by atoms with Crippen molar-refractivity contribution in [2.45, 2.75) is 71.6 Å². The van der Waals surface area contributed by atoms with Gasteiger partial charge in [-0.15, -0.1) is 0 Å². The maximum atomic E-state index is 11.5. The van der Waals surface area contributed by atoms with Gasteiger partial charge < -0.3 is 0 Å². The van der Waals surface area contributed by atoms with E-state index < -0.39 is 0 Å². The van der Waals surface area contributed by atoms with E-state index in [2.05, 4.69) is 32.4 Å². The standard InChI is InChI=1S/C24H31ClO2/c1-15-4-6-19-22-17(5-7-21(25)27)13-18-12-16(14-26)8-10-24(18,3)20(22)9-11-23(15,19)2/h12,17,19-20,22H,1,4-11,13H2,2-3H3. The van der Waals surface area contributed by atoms with Crippen molar-refractivity contribution in [2.75, 3.05) is 0 Å². The van der Waals surface area contributed by atoms with E-state index >= 15 is 0 Å². The van der Waals surface area contributed by atoms with Crippen LogP contribution in [0.3, 0.4) is 0 Å². The van der Waals surface area contributed by atoms with E-state index in [9.17, 15) is 9.59 Å². The Morgan fingerprint density at radius 2 is 1.96 bits per heavy atom. The third-order valence-corrected chi connectivity index (χ3v) is 9.16. The molecule has 0 heterocycles. The molecule has 0 bridgehead atoms. The largest absolute Gasteiger partial charge is 0.281 e. The number of hydrogen-bond acceptors (Lipinski definition) is 2. The molecule has 6 atom stereocenters. The van der Waals surface area contributed by atoms with E-state index in [1.54, 1.807) is 0 Å². The van der Waals surface area contributed by atoms with E-state index in [0.29, 0.717) is 30.1 Å². The Morgan fingerprint density at radius 1 is 1.22 bits per heavy atom. The maximum absolute atomic E-state index is 11.5. The van der Waals surface area contributed by atoms with Gasteiger partial charge in [0, 0.05) is 12.0 Å². The summed E-state index contributed by atoms with van der Waals surface area (Å²) in [5, 5.41) is -0.222. The van der Waals surface area contributed by atoms with Gasteiger partial charge >= 0.3 is 0 Å². The third-order valence-electron chi connectivity index (χ3n) is 8.97. The zero-order chi connectivity index (χ0) is 19.4. The predicted molar refractivity (Wildman–Crippen MR) is 109 cm³/mol. The molecule has 6 unspecified atom stereocenters. The van der Waals surface area contributed by atoms with Gasteiger partial charge in [0.25, 0.3) is 0 Å². The summed E-state index contributed by atoms with van der Waals surface area (Å²) in [4.78, 5) is 22.8. The average molecular weight is 387 g/mol. The first-order valence-corrected chi connectivity index (χ1v) is 11.0. The molecule has 0 spiro atoms. The molecule has 146 valence electrons. The molecule has 0 aromatic rings. The summed E-state index contributed by atoms with van der Waals surface area (Å²) in [6, 6.07) is 0. The Kier molecular flexibility index (Phi) is 4.80. The number of fused-ring (bicyclic) bond motifs is 5. The molecule has 4 rings (SSSR count). The van der Waals surface area contributed by atoms with Crippen LogP contribution < -0.4 is 0 Å². The Morgan fingerprint density at radius 3 is 2.67 bits per heavy atom. The number of hydrogen-bond donors (Lipinski definition) is 0. The van der Waals surface area contributed by atoms with Crippen LogP contribution in [0.25, 0.3) is 0 Å². The second kappa shape index (κ2) is 6.75. The zero-order valence-corrected chi connectivity index (χ0v) is 17.4. The van der Waals surface area contributed by atoms with Gasteiger partial charge in [0.15, 0.2) is 0 Å². The third kappa shape index (κ3) is 2.91. The molecule has 0 saturated heterocycles. The molecule has 0 aliphatic heterocycles. The summed E-state index contributed by atoms with van der Waals surface area (Å²) in [5.41, 5.74) is 4.16. The van der Waals surface area contributed by atoms with E-state index in [4.69, 9.17) is 11.6 Å². The quantitative estimate of drug-likeness (QED) is 0.337. The second-order valence-electron chi connectivity index (χ2n) is 9.96. The normalized spacial score (nSPS) is 43.3. The van der Waals surface area contributed by atoms with Gasteiger partial charge in [0.1, 0.15) is 5.94 Å². The van der Waals surface area contributed by atoms with Crippen molar-refractivity contribution >= 4 is 22.8 Å². The summed E-state index contributed by atoms with van der Waals surface area (Å²) in [6.07, 6.45) is 11.3. The fourth-order valence-electron chi connectivity index (χ4n) is 7.31. The monoisotopic (exact) mass is 386 g/mol. The lowest BCUT2D eigenvalue weighted by Crippen LogP contribution is -2.52. The Balaban J connectivity index is 1.74. The van der Waals surface area contributed by atoms with Crippen LogP contribution in [0.1, 0.15) is 71.6 Å². The maximum Gasteiger partial charge on any atom is 0.221 e. The minimum absolute atomic E-state index is 0.192. The van der Waals surface area contributed by atoms with Gasteiger partial charge in [0.2, 0.25) is 5.24 Å². The first-order valence-electron chi connectivity index (χ1n) is 10.6. The van der Waals surface area contributed by atoms with Crippen LogP contribution in [0.4, 0.5) is 0 Å². The van der Waals surface area contributed by atoms with Crippen molar-refractivity contribution in [1.29, 1.82) is 0 Å². The summed E-state index contributed by atoms with van der Waals surface area (Å²) in [6.45, 7) is 9.31. The molecule has 0 radical (unpaired) electrons. The van der Waals surface area contributed by atoms with Crippen LogP contribution in [0.2, 0.25) is 0 Å². The Labute approximate surface area is 168 Å². The molecule has 0 amide bonds.